The normalized spacial score (nSPS) is 18.5. The first-order chi connectivity index (χ1) is 13.9. The van der Waals surface area contributed by atoms with Crippen molar-refractivity contribution in [3.05, 3.63) is 28.3 Å². The SMILES string of the molecule is O=C(COc1ccc(S(=O)(=O)N2CCCC2)cc1[N+](=O)[O-])NCC1CCCCC1. The second kappa shape index (κ2) is 9.53. The number of nitrogens with one attached hydrogen (secondary N) is 1. The second-order valence-electron chi connectivity index (χ2n) is 7.59. The Bertz CT molecular complexity index is 846. The van der Waals surface area contributed by atoms with Crippen LogP contribution in [-0.2, 0) is 14.8 Å². The molecule has 1 heterocycles. The molecule has 10 heteroatoms. The molecule has 2 aliphatic rings. The topological polar surface area (TPSA) is 119 Å². The fraction of sp³-hybridized carbons (Fsp3) is 0.632. The predicted octanol–water partition coefficient (Wildman–Crippen LogP) is 2.45. The van der Waals surface area contributed by atoms with Gasteiger partial charge in [0.05, 0.1) is 9.82 Å². The molecule has 0 atom stereocenters. The van der Waals surface area contributed by atoms with Gasteiger partial charge in [0.15, 0.2) is 12.4 Å². The Morgan fingerprint density at radius 1 is 1.17 bits per heavy atom. The van der Waals surface area contributed by atoms with E-state index in [-0.39, 0.29) is 23.2 Å². The van der Waals surface area contributed by atoms with Crippen molar-refractivity contribution in [3.8, 4) is 5.75 Å². The fourth-order valence-electron chi connectivity index (χ4n) is 3.84. The van der Waals surface area contributed by atoms with Gasteiger partial charge in [-0.3, -0.25) is 14.9 Å². The quantitative estimate of drug-likeness (QED) is 0.505. The Hall–Kier alpha value is -2.20. The number of carbonyl (C=O) groups excluding carboxylic acids is 1. The number of rotatable bonds is 8. The van der Waals surface area contributed by atoms with Gasteiger partial charge in [-0.1, -0.05) is 19.3 Å². The Morgan fingerprint density at radius 3 is 2.52 bits per heavy atom. The fourth-order valence-corrected chi connectivity index (χ4v) is 5.38. The summed E-state index contributed by atoms with van der Waals surface area (Å²) in [7, 11) is -3.77. The molecule has 3 rings (SSSR count). The van der Waals surface area contributed by atoms with Gasteiger partial charge in [0.25, 0.3) is 5.91 Å². The molecular weight excluding hydrogens is 398 g/mol. The van der Waals surface area contributed by atoms with Crippen LogP contribution < -0.4 is 10.1 Å². The highest BCUT2D eigenvalue weighted by molar-refractivity contribution is 7.89. The Labute approximate surface area is 170 Å². The van der Waals surface area contributed by atoms with Crippen LogP contribution in [0.25, 0.3) is 0 Å². The van der Waals surface area contributed by atoms with Crippen LogP contribution in [0.1, 0.15) is 44.9 Å². The lowest BCUT2D eigenvalue weighted by atomic mass is 9.89. The minimum Gasteiger partial charge on any atom is -0.477 e. The largest absolute Gasteiger partial charge is 0.477 e. The first kappa shape index (κ1) is 21.5. The van der Waals surface area contributed by atoms with Crippen LogP contribution in [0.2, 0.25) is 0 Å². The molecule has 1 saturated heterocycles. The Kier molecular flexibility index (Phi) is 7.07. The Balaban J connectivity index is 1.63. The van der Waals surface area contributed by atoms with Crippen molar-refractivity contribution in [3.63, 3.8) is 0 Å². The van der Waals surface area contributed by atoms with Gasteiger partial charge in [-0.2, -0.15) is 4.31 Å². The summed E-state index contributed by atoms with van der Waals surface area (Å²) in [6, 6.07) is 3.54. The van der Waals surface area contributed by atoms with E-state index in [1.54, 1.807) is 0 Å². The number of nitro benzene ring substituents is 1. The summed E-state index contributed by atoms with van der Waals surface area (Å²) >= 11 is 0. The number of nitro groups is 1. The highest BCUT2D eigenvalue weighted by Crippen LogP contribution is 2.31. The number of ether oxygens (including phenoxy) is 1. The van der Waals surface area contributed by atoms with Gasteiger partial charge < -0.3 is 10.1 Å². The highest BCUT2D eigenvalue weighted by atomic mass is 32.2. The van der Waals surface area contributed by atoms with E-state index in [1.807, 2.05) is 0 Å². The van der Waals surface area contributed by atoms with Crippen LogP contribution in [0.15, 0.2) is 23.1 Å². The first-order valence-corrected chi connectivity index (χ1v) is 11.5. The average Bonchev–Trinajstić information content (AvgIpc) is 3.27. The van der Waals surface area contributed by atoms with Gasteiger partial charge in [-0.15, -0.1) is 0 Å². The summed E-state index contributed by atoms with van der Waals surface area (Å²) < 4.78 is 31.9. The van der Waals surface area contributed by atoms with Crippen molar-refractivity contribution < 1.29 is 22.9 Å². The smallest absolute Gasteiger partial charge is 0.312 e. The molecule has 1 aliphatic carbocycles. The van der Waals surface area contributed by atoms with E-state index in [1.165, 1.54) is 35.7 Å². The van der Waals surface area contributed by atoms with E-state index < -0.39 is 20.6 Å². The number of sulfonamides is 1. The van der Waals surface area contributed by atoms with E-state index in [4.69, 9.17) is 4.74 Å². The summed E-state index contributed by atoms with van der Waals surface area (Å²) in [4.78, 5) is 22.6. The third-order valence-corrected chi connectivity index (χ3v) is 7.40. The van der Waals surface area contributed by atoms with Crippen LogP contribution >= 0.6 is 0 Å². The average molecular weight is 426 g/mol. The molecule has 2 fully saturated rings. The molecule has 0 unspecified atom stereocenters. The molecule has 1 aromatic rings. The number of hydrogen-bond donors (Lipinski definition) is 1. The van der Waals surface area contributed by atoms with Gasteiger partial charge in [0, 0.05) is 25.7 Å². The molecular formula is C19H27N3O6S. The monoisotopic (exact) mass is 425 g/mol. The predicted molar refractivity (Wildman–Crippen MR) is 106 cm³/mol. The zero-order chi connectivity index (χ0) is 20.9. The molecule has 1 aliphatic heterocycles. The molecule has 29 heavy (non-hydrogen) atoms. The van der Waals surface area contributed by atoms with Gasteiger partial charge >= 0.3 is 5.69 Å². The van der Waals surface area contributed by atoms with Crippen LogP contribution in [-0.4, -0.2) is 49.8 Å². The number of hydrogen-bond acceptors (Lipinski definition) is 6. The lowest BCUT2D eigenvalue weighted by Crippen LogP contribution is -2.33. The van der Waals surface area contributed by atoms with Gasteiger partial charge in [0.1, 0.15) is 0 Å². The van der Waals surface area contributed by atoms with E-state index in [0.717, 1.165) is 31.7 Å². The molecule has 1 aromatic carbocycles. The van der Waals surface area contributed by atoms with Crippen molar-refractivity contribution in [1.29, 1.82) is 0 Å². The summed E-state index contributed by atoms with van der Waals surface area (Å²) in [5.74, 6) is -0.000983. The van der Waals surface area contributed by atoms with Gasteiger partial charge in [0.2, 0.25) is 10.0 Å². The standard InChI is InChI=1S/C19H27N3O6S/c23-19(20-13-15-6-2-1-3-7-15)14-28-18-9-8-16(12-17(18)22(24)25)29(26,27)21-10-4-5-11-21/h8-9,12,15H,1-7,10-11,13-14H2,(H,20,23). The van der Waals surface area contributed by atoms with Crippen LogP contribution in [0.5, 0.6) is 5.75 Å². The van der Waals surface area contributed by atoms with Crippen molar-refractivity contribution in [2.24, 2.45) is 5.92 Å². The maximum atomic E-state index is 12.6. The highest BCUT2D eigenvalue weighted by Gasteiger charge is 2.30. The molecule has 0 bridgehead atoms. The van der Waals surface area contributed by atoms with Crippen molar-refractivity contribution in [1.82, 2.24) is 9.62 Å². The molecule has 0 radical (unpaired) electrons. The number of nitrogens with zero attached hydrogens (tertiary/aromatic N) is 2. The maximum absolute atomic E-state index is 12.6. The summed E-state index contributed by atoms with van der Waals surface area (Å²) in [6.07, 6.45) is 7.34. The molecule has 1 N–H and O–H groups in total. The molecule has 9 nitrogen and oxygen atoms in total. The molecule has 1 saturated carbocycles. The number of amides is 1. The van der Waals surface area contributed by atoms with E-state index in [0.29, 0.717) is 25.6 Å². The van der Waals surface area contributed by atoms with Crippen LogP contribution in [0.3, 0.4) is 0 Å². The molecule has 0 aromatic heterocycles. The molecule has 1 amide bonds. The number of benzene rings is 1. The lowest BCUT2D eigenvalue weighted by Gasteiger charge is -2.21. The minimum atomic E-state index is -3.77. The second-order valence-corrected chi connectivity index (χ2v) is 9.53. The molecule has 0 spiro atoms. The summed E-state index contributed by atoms with van der Waals surface area (Å²) in [5, 5.41) is 14.2. The third-order valence-electron chi connectivity index (χ3n) is 5.50. The summed E-state index contributed by atoms with van der Waals surface area (Å²) in [6.45, 7) is 1.05. The number of carbonyl (C=O) groups is 1. The summed E-state index contributed by atoms with van der Waals surface area (Å²) in [5.41, 5.74) is -0.467. The maximum Gasteiger partial charge on any atom is 0.312 e. The van der Waals surface area contributed by atoms with Gasteiger partial charge in [-0.05, 0) is 43.7 Å². The zero-order valence-corrected chi connectivity index (χ0v) is 17.2. The van der Waals surface area contributed by atoms with Crippen LogP contribution in [0, 0.1) is 16.0 Å². The zero-order valence-electron chi connectivity index (χ0n) is 16.3. The van der Waals surface area contributed by atoms with E-state index >= 15 is 0 Å². The first-order valence-electron chi connectivity index (χ1n) is 10.1. The Morgan fingerprint density at radius 2 is 1.86 bits per heavy atom. The lowest BCUT2D eigenvalue weighted by molar-refractivity contribution is -0.386. The van der Waals surface area contributed by atoms with Crippen molar-refractivity contribution >= 4 is 21.6 Å². The van der Waals surface area contributed by atoms with E-state index in [9.17, 15) is 23.3 Å². The molecule has 160 valence electrons. The van der Waals surface area contributed by atoms with E-state index in [2.05, 4.69) is 5.32 Å². The third kappa shape index (κ3) is 5.45. The van der Waals surface area contributed by atoms with Crippen LogP contribution in [0.4, 0.5) is 5.69 Å². The van der Waals surface area contributed by atoms with Gasteiger partial charge in [-0.25, -0.2) is 8.42 Å². The van der Waals surface area contributed by atoms with Crippen molar-refractivity contribution in [2.45, 2.75) is 49.8 Å². The minimum absolute atomic E-state index is 0.122. The van der Waals surface area contributed by atoms with Crippen molar-refractivity contribution in [2.75, 3.05) is 26.2 Å².